The summed E-state index contributed by atoms with van der Waals surface area (Å²) in [6.45, 7) is 2.79. The summed E-state index contributed by atoms with van der Waals surface area (Å²) in [5, 5.41) is 3.40. The minimum Gasteiger partial charge on any atom is -0.466 e. The molecule has 0 aliphatic carbocycles. The van der Waals surface area contributed by atoms with Gasteiger partial charge >= 0.3 is 5.97 Å². The van der Waals surface area contributed by atoms with Crippen molar-refractivity contribution in [2.24, 2.45) is 0 Å². The van der Waals surface area contributed by atoms with E-state index >= 15 is 0 Å². The van der Waals surface area contributed by atoms with Crippen LogP contribution in [0.4, 0.5) is 11.5 Å². The zero-order valence-corrected chi connectivity index (χ0v) is 10.5. The maximum Gasteiger partial charge on any atom is 0.305 e. The van der Waals surface area contributed by atoms with E-state index in [0.29, 0.717) is 42.7 Å². The summed E-state index contributed by atoms with van der Waals surface area (Å²) in [4.78, 5) is 15.1. The first-order valence-corrected chi connectivity index (χ1v) is 5.82. The second-order valence-electron chi connectivity index (χ2n) is 3.41. The maximum atomic E-state index is 11.1. The largest absolute Gasteiger partial charge is 0.466 e. The van der Waals surface area contributed by atoms with Crippen molar-refractivity contribution in [3.63, 3.8) is 0 Å². The Morgan fingerprint density at radius 3 is 3.06 bits per heavy atom. The van der Waals surface area contributed by atoms with E-state index in [1.165, 1.54) is 0 Å². The molecule has 1 heterocycles. The zero-order chi connectivity index (χ0) is 12.7. The zero-order valence-electron chi connectivity index (χ0n) is 9.70. The fourth-order valence-corrected chi connectivity index (χ4v) is 1.41. The smallest absolute Gasteiger partial charge is 0.305 e. The number of pyridine rings is 1. The lowest BCUT2D eigenvalue weighted by molar-refractivity contribution is -0.143. The summed E-state index contributed by atoms with van der Waals surface area (Å²) in [5.74, 6) is 0.350. The minimum absolute atomic E-state index is 0.193. The average Bonchev–Trinajstić information content (AvgIpc) is 2.29. The molecule has 0 saturated carbocycles. The Morgan fingerprint density at radius 2 is 2.35 bits per heavy atom. The fraction of sp³-hybridized carbons (Fsp3) is 0.455. The van der Waals surface area contributed by atoms with Gasteiger partial charge in [-0.15, -0.1) is 0 Å². The standard InChI is InChI=1S/C11H16ClN3O2/c1-2-17-10(16)4-3-7-14-11-8(13)5-6-9(12)15-11/h5-6H,2-4,7,13H2,1H3,(H,14,15). The van der Waals surface area contributed by atoms with E-state index in [1.54, 1.807) is 19.1 Å². The highest BCUT2D eigenvalue weighted by Crippen LogP contribution is 2.18. The molecule has 17 heavy (non-hydrogen) atoms. The number of hydrogen-bond donors (Lipinski definition) is 2. The molecule has 0 aromatic carbocycles. The molecule has 0 unspecified atom stereocenters. The van der Waals surface area contributed by atoms with E-state index in [1.807, 2.05) is 0 Å². The number of rotatable bonds is 6. The predicted molar refractivity (Wildman–Crippen MR) is 68.0 cm³/mol. The Labute approximate surface area is 105 Å². The number of esters is 1. The van der Waals surface area contributed by atoms with Crippen molar-refractivity contribution in [2.75, 3.05) is 24.2 Å². The predicted octanol–water partition coefficient (Wildman–Crippen LogP) is 2.07. The van der Waals surface area contributed by atoms with Crippen LogP contribution in [0.15, 0.2) is 12.1 Å². The van der Waals surface area contributed by atoms with Crippen molar-refractivity contribution in [1.82, 2.24) is 4.98 Å². The molecule has 0 fully saturated rings. The van der Waals surface area contributed by atoms with Crippen LogP contribution in [0.3, 0.4) is 0 Å². The molecule has 0 spiro atoms. The number of halogens is 1. The lowest BCUT2D eigenvalue weighted by atomic mass is 10.3. The van der Waals surface area contributed by atoms with E-state index in [9.17, 15) is 4.79 Å². The lowest BCUT2D eigenvalue weighted by Crippen LogP contribution is -2.10. The van der Waals surface area contributed by atoms with Gasteiger partial charge in [-0.1, -0.05) is 11.6 Å². The first-order chi connectivity index (χ1) is 8.13. The molecule has 0 aliphatic heterocycles. The van der Waals surface area contributed by atoms with Gasteiger partial charge in [-0.05, 0) is 25.5 Å². The van der Waals surface area contributed by atoms with Gasteiger partial charge in [0.2, 0.25) is 0 Å². The maximum absolute atomic E-state index is 11.1. The monoisotopic (exact) mass is 257 g/mol. The lowest BCUT2D eigenvalue weighted by Gasteiger charge is -2.08. The third-order valence-corrected chi connectivity index (χ3v) is 2.26. The number of nitrogens with one attached hydrogen (secondary N) is 1. The van der Waals surface area contributed by atoms with E-state index in [4.69, 9.17) is 22.1 Å². The topological polar surface area (TPSA) is 77.2 Å². The summed E-state index contributed by atoms with van der Waals surface area (Å²) < 4.78 is 4.81. The molecule has 1 aromatic rings. The average molecular weight is 258 g/mol. The molecule has 0 amide bonds. The molecule has 3 N–H and O–H groups in total. The highest BCUT2D eigenvalue weighted by molar-refractivity contribution is 6.29. The summed E-state index contributed by atoms with van der Waals surface area (Å²) in [6, 6.07) is 3.31. The Hall–Kier alpha value is -1.49. The van der Waals surface area contributed by atoms with Crippen LogP contribution in [0.25, 0.3) is 0 Å². The van der Waals surface area contributed by atoms with Gasteiger partial charge in [0.25, 0.3) is 0 Å². The highest BCUT2D eigenvalue weighted by atomic mass is 35.5. The van der Waals surface area contributed by atoms with Gasteiger partial charge in [0.15, 0.2) is 5.82 Å². The normalized spacial score (nSPS) is 10.0. The van der Waals surface area contributed by atoms with Crippen molar-refractivity contribution >= 4 is 29.1 Å². The van der Waals surface area contributed by atoms with Gasteiger partial charge in [-0.3, -0.25) is 4.79 Å². The Balaban J connectivity index is 2.31. The first-order valence-electron chi connectivity index (χ1n) is 5.45. The van der Waals surface area contributed by atoms with Crippen molar-refractivity contribution in [3.05, 3.63) is 17.3 Å². The molecule has 94 valence electrons. The van der Waals surface area contributed by atoms with Crippen LogP contribution in [0.2, 0.25) is 5.15 Å². The number of nitrogens with two attached hydrogens (primary N) is 1. The van der Waals surface area contributed by atoms with E-state index in [2.05, 4.69) is 10.3 Å². The molecule has 1 aromatic heterocycles. The molecular formula is C11H16ClN3O2. The van der Waals surface area contributed by atoms with Crippen molar-refractivity contribution in [2.45, 2.75) is 19.8 Å². The summed E-state index contributed by atoms with van der Waals surface area (Å²) in [6.07, 6.45) is 1.04. The number of aromatic nitrogens is 1. The van der Waals surface area contributed by atoms with Crippen molar-refractivity contribution in [1.29, 1.82) is 0 Å². The van der Waals surface area contributed by atoms with Crippen molar-refractivity contribution < 1.29 is 9.53 Å². The Kier molecular flexibility index (Phi) is 5.56. The molecule has 1 rings (SSSR count). The first kappa shape index (κ1) is 13.6. The number of carbonyl (C=O) groups excluding carboxylic acids is 1. The molecule has 6 heteroatoms. The summed E-state index contributed by atoms with van der Waals surface area (Å²) in [7, 11) is 0. The van der Waals surface area contributed by atoms with Crippen LogP contribution in [-0.4, -0.2) is 24.1 Å². The van der Waals surface area contributed by atoms with Crippen LogP contribution >= 0.6 is 11.6 Å². The van der Waals surface area contributed by atoms with Gasteiger partial charge in [0.1, 0.15) is 5.15 Å². The Morgan fingerprint density at radius 1 is 1.59 bits per heavy atom. The van der Waals surface area contributed by atoms with E-state index in [0.717, 1.165) is 0 Å². The van der Waals surface area contributed by atoms with Crippen LogP contribution in [0, 0.1) is 0 Å². The fourth-order valence-electron chi connectivity index (χ4n) is 1.26. The number of nitrogen functional groups attached to an aromatic ring is 1. The number of carbonyl (C=O) groups is 1. The summed E-state index contributed by atoms with van der Waals surface area (Å²) in [5.41, 5.74) is 6.24. The quantitative estimate of drug-likeness (QED) is 0.463. The number of nitrogens with zero attached hydrogens (tertiary/aromatic N) is 1. The van der Waals surface area contributed by atoms with Gasteiger partial charge in [-0.25, -0.2) is 4.98 Å². The second kappa shape index (κ2) is 6.96. The van der Waals surface area contributed by atoms with E-state index in [-0.39, 0.29) is 5.97 Å². The molecular weight excluding hydrogens is 242 g/mol. The number of hydrogen-bond acceptors (Lipinski definition) is 5. The molecule has 0 saturated heterocycles. The SMILES string of the molecule is CCOC(=O)CCCNc1nc(Cl)ccc1N. The van der Waals surface area contributed by atoms with Crippen molar-refractivity contribution in [3.8, 4) is 0 Å². The molecule has 0 bridgehead atoms. The molecule has 0 aliphatic rings. The van der Waals surface area contributed by atoms with E-state index < -0.39 is 0 Å². The van der Waals surface area contributed by atoms with Gasteiger partial charge in [0, 0.05) is 13.0 Å². The van der Waals surface area contributed by atoms with Crippen LogP contribution in [0.1, 0.15) is 19.8 Å². The minimum atomic E-state index is -0.193. The van der Waals surface area contributed by atoms with Gasteiger partial charge in [0.05, 0.1) is 12.3 Å². The summed E-state index contributed by atoms with van der Waals surface area (Å²) >= 11 is 5.74. The number of anilines is 2. The van der Waals surface area contributed by atoms with Crippen LogP contribution in [0.5, 0.6) is 0 Å². The van der Waals surface area contributed by atoms with Crippen LogP contribution < -0.4 is 11.1 Å². The Bertz CT molecular complexity index is 385. The third kappa shape index (κ3) is 4.91. The van der Waals surface area contributed by atoms with Crippen LogP contribution in [-0.2, 0) is 9.53 Å². The third-order valence-electron chi connectivity index (χ3n) is 2.05. The molecule has 0 radical (unpaired) electrons. The second-order valence-corrected chi connectivity index (χ2v) is 3.79. The van der Waals surface area contributed by atoms with Gasteiger partial charge in [-0.2, -0.15) is 0 Å². The molecule has 5 nitrogen and oxygen atoms in total. The van der Waals surface area contributed by atoms with Gasteiger partial charge < -0.3 is 15.8 Å². The number of ether oxygens (including phenoxy) is 1. The highest BCUT2D eigenvalue weighted by Gasteiger charge is 2.03. The molecule has 0 atom stereocenters.